The third-order valence-corrected chi connectivity index (χ3v) is 7.12. The number of aryl methyl sites for hydroxylation is 1. The van der Waals surface area contributed by atoms with E-state index >= 15 is 0 Å². The van der Waals surface area contributed by atoms with Crippen molar-refractivity contribution < 1.29 is 18.0 Å². The number of carbonyl (C=O) groups excluding carboxylic acids is 2. The molecule has 186 valence electrons. The van der Waals surface area contributed by atoms with Crippen LogP contribution >= 0.6 is 15.9 Å². The van der Waals surface area contributed by atoms with E-state index in [1.54, 1.807) is 24.0 Å². The van der Waals surface area contributed by atoms with Crippen LogP contribution < -0.4 is 9.62 Å². The average Bonchev–Trinajstić information content (AvgIpc) is 2.78. The average molecular weight is 553 g/mol. The monoisotopic (exact) mass is 551 g/mol. The minimum absolute atomic E-state index is 0.122. The van der Waals surface area contributed by atoms with E-state index in [9.17, 15) is 18.0 Å². The van der Waals surface area contributed by atoms with Gasteiger partial charge in [0.15, 0.2) is 0 Å². The summed E-state index contributed by atoms with van der Waals surface area (Å²) in [7, 11) is -3.50. The standard InChI is InChI=1S/C25H34BrN3O4S/c1-5-15-27-25(31)20(3)28(18-21-8-6-9-22(26)17-21)24(30)10-7-16-29(34(4,32)33)23-13-11-19(2)12-14-23/h6,8-9,11-14,17,20H,5,7,10,15-16,18H2,1-4H3,(H,27,31)/t20-/m0/s1. The summed E-state index contributed by atoms with van der Waals surface area (Å²) < 4.78 is 26.9. The van der Waals surface area contributed by atoms with Gasteiger partial charge in [0.2, 0.25) is 21.8 Å². The fourth-order valence-corrected chi connectivity index (χ4v) is 4.94. The van der Waals surface area contributed by atoms with Gasteiger partial charge < -0.3 is 10.2 Å². The molecule has 0 aliphatic heterocycles. The summed E-state index contributed by atoms with van der Waals surface area (Å²) in [6, 6.07) is 14.2. The van der Waals surface area contributed by atoms with E-state index in [0.717, 1.165) is 28.3 Å². The maximum Gasteiger partial charge on any atom is 0.242 e. The van der Waals surface area contributed by atoms with Gasteiger partial charge in [0, 0.05) is 30.5 Å². The van der Waals surface area contributed by atoms with Crippen molar-refractivity contribution in [3.8, 4) is 0 Å². The van der Waals surface area contributed by atoms with E-state index in [0.29, 0.717) is 18.7 Å². The second kappa shape index (κ2) is 12.9. The van der Waals surface area contributed by atoms with Crippen molar-refractivity contribution in [3.05, 3.63) is 64.1 Å². The molecule has 0 spiro atoms. The highest BCUT2D eigenvalue weighted by Crippen LogP contribution is 2.20. The lowest BCUT2D eigenvalue weighted by Crippen LogP contribution is -2.47. The van der Waals surface area contributed by atoms with Crippen molar-refractivity contribution in [2.75, 3.05) is 23.7 Å². The molecule has 0 unspecified atom stereocenters. The van der Waals surface area contributed by atoms with Crippen molar-refractivity contribution in [3.63, 3.8) is 0 Å². The Bertz CT molecular complexity index is 1070. The largest absolute Gasteiger partial charge is 0.354 e. The van der Waals surface area contributed by atoms with E-state index in [2.05, 4.69) is 21.2 Å². The quantitative estimate of drug-likeness (QED) is 0.427. The predicted octanol–water partition coefficient (Wildman–Crippen LogP) is 4.25. The van der Waals surface area contributed by atoms with Crippen LogP contribution in [-0.4, -0.2) is 50.5 Å². The fourth-order valence-electron chi connectivity index (χ4n) is 3.53. The van der Waals surface area contributed by atoms with E-state index in [4.69, 9.17) is 0 Å². The van der Waals surface area contributed by atoms with E-state index in [1.165, 1.54) is 4.31 Å². The molecule has 0 bridgehead atoms. The molecule has 1 N–H and O–H groups in total. The number of hydrogen-bond donors (Lipinski definition) is 1. The zero-order valence-corrected chi connectivity index (χ0v) is 22.7. The van der Waals surface area contributed by atoms with E-state index < -0.39 is 16.1 Å². The third kappa shape index (κ3) is 8.43. The first-order valence-corrected chi connectivity index (χ1v) is 14.0. The Labute approximate surface area is 211 Å². The van der Waals surface area contributed by atoms with Crippen LogP contribution in [0.25, 0.3) is 0 Å². The molecular formula is C25H34BrN3O4S. The number of amides is 2. The van der Waals surface area contributed by atoms with Crippen LogP contribution in [0.5, 0.6) is 0 Å². The van der Waals surface area contributed by atoms with E-state index in [1.807, 2.05) is 50.2 Å². The molecule has 2 rings (SSSR count). The molecule has 1 atom stereocenters. The van der Waals surface area contributed by atoms with Gasteiger partial charge in [0.25, 0.3) is 0 Å². The molecule has 0 aliphatic carbocycles. The second-order valence-electron chi connectivity index (χ2n) is 8.39. The van der Waals surface area contributed by atoms with Crippen LogP contribution in [0.2, 0.25) is 0 Å². The summed E-state index contributed by atoms with van der Waals surface area (Å²) in [5.41, 5.74) is 2.50. The number of anilines is 1. The number of sulfonamides is 1. The van der Waals surface area contributed by atoms with Gasteiger partial charge in [-0.2, -0.15) is 0 Å². The first-order valence-electron chi connectivity index (χ1n) is 11.4. The molecule has 0 radical (unpaired) electrons. The van der Waals surface area contributed by atoms with Gasteiger partial charge in [0.1, 0.15) is 6.04 Å². The molecule has 0 fully saturated rings. The van der Waals surface area contributed by atoms with Gasteiger partial charge in [-0.05, 0) is 56.5 Å². The molecule has 34 heavy (non-hydrogen) atoms. The number of carbonyl (C=O) groups is 2. The Hall–Kier alpha value is -2.39. The minimum Gasteiger partial charge on any atom is -0.354 e. The van der Waals surface area contributed by atoms with Gasteiger partial charge in [-0.1, -0.05) is 52.7 Å². The predicted molar refractivity (Wildman–Crippen MR) is 140 cm³/mol. The van der Waals surface area contributed by atoms with Gasteiger partial charge in [0.05, 0.1) is 11.9 Å². The Morgan fingerprint density at radius 1 is 1.12 bits per heavy atom. The zero-order chi connectivity index (χ0) is 25.3. The van der Waals surface area contributed by atoms with Crippen LogP contribution in [0.3, 0.4) is 0 Å². The molecule has 2 aromatic carbocycles. The summed E-state index contributed by atoms with van der Waals surface area (Å²) in [5, 5.41) is 2.86. The summed E-state index contributed by atoms with van der Waals surface area (Å²) in [4.78, 5) is 27.4. The smallest absolute Gasteiger partial charge is 0.242 e. The van der Waals surface area contributed by atoms with Crippen LogP contribution in [0.4, 0.5) is 5.69 Å². The number of halogens is 1. The SMILES string of the molecule is CCCNC(=O)[C@H](C)N(Cc1cccc(Br)c1)C(=O)CCCN(c1ccc(C)cc1)S(C)(=O)=O. The highest BCUT2D eigenvalue weighted by Gasteiger charge is 2.26. The van der Waals surface area contributed by atoms with Gasteiger partial charge in [-0.25, -0.2) is 8.42 Å². The summed E-state index contributed by atoms with van der Waals surface area (Å²) in [6.07, 6.45) is 2.42. The van der Waals surface area contributed by atoms with Crippen molar-refractivity contribution in [2.45, 2.75) is 52.6 Å². The highest BCUT2D eigenvalue weighted by molar-refractivity contribution is 9.10. The first kappa shape index (κ1) is 27.9. The fraction of sp³-hybridized carbons (Fsp3) is 0.440. The summed E-state index contributed by atoms with van der Waals surface area (Å²) in [5.74, 6) is -0.404. The van der Waals surface area contributed by atoms with Crippen LogP contribution in [0, 0.1) is 6.92 Å². The lowest BCUT2D eigenvalue weighted by Gasteiger charge is -2.29. The number of nitrogens with zero attached hydrogens (tertiary/aromatic N) is 2. The summed E-state index contributed by atoms with van der Waals surface area (Å²) in [6.45, 7) is 6.63. The van der Waals surface area contributed by atoms with Gasteiger partial charge in [-0.15, -0.1) is 0 Å². The number of nitrogens with one attached hydrogen (secondary N) is 1. The van der Waals surface area contributed by atoms with E-state index in [-0.39, 0.29) is 31.3 Å². The topological polar surface area (TPSA) is 86.8 Å². The van der Waals surface area contributed by atoms with Gasteiger partial charge >= 0.3 is 0 Å². The molecule has 2 aromatic rings. The maximum atomic E-state index is 13.2. The Kier molecular flexibility index (Phi) is 10.6. The Morgan fingerprint density at radius 2 is 1.79 bits per heavy atom. The van der Waals surface area contributed by atoms with Crippen molar-refractivity contribution >= 4 is 43.5 Å². The van der Waals surface area contributed by atoms with Crippen LogP contribution in [-0.2, 0) is 26.2 Å². The lowest BCUT2D eigenvalue weighted by atomic mass is 10.1. The minimum atomic E-state index is -3.50. The number of hydrogen-bond acceptors (Lipinski definition) is 4. The molecule has 9 heteroatoms. The van der Waals surface area contributed by atoms with Crippen molar-refractivity contribution in [2.24, 2.45) is 0 Å². The zero-order valence-electron chi connectivity index (χ0n) is 20.3. The molecular weight excluding hydrogens is 518 g/mol. The third-order valence-electron chi connectivity index (χ3n) is 5.43. The maximum absolute atomic E-state index is 13.2. The van der Waals surface area contributed by atoms with Gasteiger partial charge in [-0.3, -0.25) is 13.9 Å². The van der Waals surface area contributed by atoms with Crippen LogP contribution in [0.1, 0.15) is 44.2 Å². The molecule has 2 amide bonds. The van der Waals surface area contributed by atoms with Crippen molar-refractivity contribution in [1.29, 1.82) is 0 Å². The number of benzene rings is 2. The molecule has 0 saturated carbocycles. The molecule has 0 aliphatic rings. The number of rotatable bonds is 12. The van der Waals surface area contributed by atoms with Crippen molar-refractivity contribution in [1.82, 2.24) is 10.2 Å². The first-order chi connectivity index (χ1) is 16.0. The second-order valence-corrected chi connectivity index (χ2v) is 11.2. The Balaban J connectivity index is 2.14. The summed E-state index contributed by atoms with van der Waals surface area (Å²) >= 11 is 3.45. The molecule has 0 heterocycles. The normalized spacial score (nSPS) is 12.1. The lowest BCUT2D eigenvalue weighted by molar-refractivity contribution is -0.140. The van der Waals surface area contributed by atoms with Crippen LogP contribution in [0.15, 0.2) is 53.0 Å². The molecule has 7 nitrogen and oxygen atoms in total. The molecule has 0 saturated heterocycles. The Morgan fingerprint density at radius 3 is 2.38 bits per heavy atom. The molecule has 0 aromatic heterocycles. The highest BCUT2D eigenvalue weighted by atomic mass is 79.9.